The Bertz CT molecular complexity index is 832. The van der Waals surface area contributed by atoms with Crippen molar-refractivity contribution >= 4 is 50.8 Å². The lowest BCUT2D eigenvalue weighted by molar-refractivity contribution is -0.128. The normalized spacial score (nSPS) is 12.3. The van der Waals surface area contributed by atoms with E-state index in [1.165, 1.54) is 11.8 Å². The smallest absolute Gasteiger partial charge is 0.233 e. The first-order valence-corrected chi connectivity index (χ1v) is 9.72. The van der Waals surface area contributed by atoms with Crippen molar-refractivity contribution < 1.29 is 4.79 Å². The molecule has 0 fully saturated rings. The lowest BCUT2D eigenvalue weighted by atomic mass is 10.3. The zero-order valence-electron chi connectivity index (χ0n) is 13.4. The number of thioether (sulfide) groups is 1. The topological polar surface area (TPSA) is 33.2 Å². The molecule has 0 saturated heterocycles. The van der Waals surface area contributed by atoms with E-state index in [4.69, 9.17) is 11.6 Å². The van der Waals surface area contributed by atoms with Gasteiger partial charge in [0.2, 0.25) is 5.91 Å². The summed E-state index contributed by atoms with van der Waals surface area (Å²) in [6.07, 6.45) is 0. The predicted molar refractivity (Wildman–Crippen MR) is 103 cm³/mol. The van der Waals surface area contributed by atoms with Gasteiger partial charge in [0.05, 0.1) is 27.0 Å². The molecule has 0 N–H and O–H groups in total. The minimum absolute atomic E-state index is 0.0539. The molecule has 124 valence electrons. The van der Waals surface area contributed by atoms with Gasteiger partial charge in [-0.05, 0) is 31.2 Å². The summed E-state index contributed by atoms with van der Waals surface area (Å²) in [6, 6.07) is 15.5. The average Bonchev–Trinajstić information content (AvgIpc) is 3.03. The third-order valence-electron chi connectivity index (χ3n) is 3.83. The van der Waals surface area contributed by atoms with Crippen molar-refractivity contribution in [2.45, 2.75) is 17.9 Å². The minimum atomic E-state index is -0.0539. The van der Waals surface area contributed by atoms with Crippen molar-refractivity contribution in [3.63, 3.8) is 0 Å². The molecule has 3 nitrogen and oxygen atoms in total. The zero-order valence-corrected chi connectivity index (χ0v) is 15.8. The largest absolute Gasteiger partial charge is 0.336 e. The molecule has 1 atom stereocenters. The summed E-state index contributed by atoms with van der Waals surface area (Å²) in [5.41, 5.74) is 0.982. The molecule has 0 aliphatic carbocycles. The van der Waals surface area contributed by atoms with E-state index in [0.29, 0.717) is 10.8 Å². The van der Waals surface area contributed by atoms with Gasteiger partial charge in [0.1, 0.15) is 5.01 Å². The van der Waals surface area contributed by atoms with Crippen molar-refractivity contribution in [2.75, 3.05) is 12.8 Å². The quantitative estimate of drug-likeness (QED) is 0.569. The molecule has 3 aromatic rings. The second kappa shape index (κ2) is 7.55. The van der Waals surface area contributed by atoms with Crippen LogP contribution in [0.1, 0.15) is 18.0 Å². The number of carbonyl (C=O) groups is 1. The highest BCUT2D eigenvalue weighted by Crippen LogP contribution is 2.30. The van der Waals surface area contributed by atoms with E-state index in [9.17, 15) is 4.79 Å². The number of rotatable bonds is 5. The second-order valence-electron chi connectivity index (χ2n) is 5.42. The van der Waals surface area contributed by atoms with Crippen LogP contribution in [0.15, 0.2) is 53.4 Å². The Hall–Kier alpha value is -1.56. The van der Waals surface area contributed by atoms with Gasteiger partial charge in [-0.25, -0.2) is 4.98 Å². The molecule has 3 rings (SSSR count). The number of carbonyl (C=O) groups excluding carboxylic acids is 1. The van der Waals surface area contributed by atoms with Crippen LogP contribution in [-0.4, -0.2) is 28.6 Å². The number of hydrogen-bond donors (Lipinski definition) is 0. The van der Waals surface area contributed by atoms with Gasteiger partial charge >= 0.3 is 0 Å². The van der Waals surface area contributed by atoms with Crippen LogP contribution in [0.4, 0.5) is 0 Å². The Kier molecular flexibility index (Phi) is 5.43. The summed E-state index contributed by atoms with van der Waals surface area (Å²) in [4.78, 5) is 19.8. The van der Waals surface area contributed by atoms with E-state index in [0.717, 1.165) is 20.1 Å². The first kappa shape index (κ1) is 17.3. The third kappa shape index (κ3) is 3.74. The average molecular weight is 377 g/mol. The van der Waals surface area contributed by atoms with Crippen molar-refractivity contribution in [2.24, 2.45) is 0 Å². The Labute approximate surface area is 154 Å². The molecule has 0 aliphatic heterocycles. The van der Waals surface area contributed by atoms with E-state index < -0.39 is 0 Å². The van der Waals surface area contributed by atoms with Gasteiger partial charge in [-0.15, -0.1) is 23.1 Å². The number of aromatic nitrogens is 1. The Morgan fingerprint density at radius 2 is 1.96 bits per heavy atom. The fourth-order valence-corrected chi connectivity index (χ4v) is 4.48. The van der Waals surface area contributed by atoms with Crippen LogP contribution in [0.3, 0.4) is 0 Å². The number of benzene rings is 2. The summed E-state index contributed by atoms with van der Waals surface area (Å²) < 4.78 is 1.14. The maximum absolute atomic E-state index is 12.5. The molecule has 24 heavy (non-hydrogen) atoms. The molecule has 1 heterocycles. The van der Waals surface area contributed by atoms with Crippen molar-refractivity contribution in [1.29, 1.82) is 0 Å². The zero-order chi connectivity index (χ0) is 17.1. The molecule has 0 spiro atoms. The number of nitrogens with zero attached hydrogens (tertiary/aromatic N) is 2. The fourth-order valence-electron chi connectivity index (χ4n) is 2.25. The summed E-state index contributed by atoms with van der Waals surface area (Å²) in [5.74, 6) is 0.418. The van der Waals surface area contributed by atoms with Crippen LogP contribution < -0.4 is 0 Å². The first-order chi connectivity index (χ1) is 11.6. The lowest BCUT2D eigenvalue weighted by Gasteiger charge is -2.23. The highest BCUT2D eigenvalue weighted by Gasteiger charge is 2.20. The Morgan fingerprint density at radius 1 is 1.25 bits per heavy atom. The van der Waals surface area contributed by atoms with Gasteiger partial charge in [-0.3, -0.25) is 4.79 Å². The van der Waals surface area contributed by atoms with Gasteiger partial charge in [-0.2, -0.15) is 0 Å². The van der Waals surface area contributed by atoms with E-state index in [-0.39, 0.29) is 11.9 Å². The molecular weight excluding hydrogens is 360 g/mol. The van der Waals surface area contributed by atoms with Crippen LogP contribution in [0.2, 0.25) is 5.02 Å². The van der Waals surface area contributed by atoms with E-state index in [1.54, 1.807) is 16.2 Å². The Morgan fingerprint density at radius 3 is 2.71 bits per heavy atom. The van der Waals surface area contributed by atoms with Crippen molar-refractivity contribution in [1.82, 2.24) is 9.88 Å². The maximum Gasteiger partial charge on any atom is 0.233 e. The number of hydrogen-bond acceptors (Lipinski definition) is 4. The standard InChI is InChI=1S/C18H17ClN2OS2/c1-12(18-20-14-8-4-6-10-16(14)24-18)21(2)17(22)11-23-15-9-5-3-7-13(15)19/h3-10,12H,11H2,1-2H3/t12-/m1/s1. The van der Waals surface area contributed by atoms with Crippen LogP contribution in [-0.2, 0) is 4.79 Å². The molecule has 2 aromatic carbocycles. The molecule has 1 aromatic heterocycles. The van der Waals surface area contributed by atoms with Gasteiger partial charge in [0.25, 0.3) is 0 Å². The third-order valence-corrected chi connectivity index (χ3v) is 6.54. The van der Waals surface area contributed by atoms with Crippen molar-refractivity contribution in [3.8, 4) is 0 Å². The van der Waals surface area contributed by atoms with E-state index in [1.807, 2.05) is 56.4 Å². The van der Waals surface area contributed by atoms with Gasteiger partial charge < -0.3 is 4.90 Å². The van der Waals surface area contributed by atoms with Crippen LogP contribution in [0, 0.1) is 0 Å². The first-order valence-electron chi connectivity index (χ1n) is 7.54. The number of thiazole rings is 1. The number of para-hydroxylation sites is 1. The van der Waals surface area contributed by atoms with E-state index >= 15 is 0 Å². The molecule has 1 amide bonds. The maximum atomic E-state index is 12.5. The van der Waals surface area contributed by atoms with E-state index in [2.05, 4.69) is 11.1 Å². The van der Waals surface area contributed by atoms with Crippen LogP contribution >= 0.6 is 34.7 Å². The van der Waals surface area contributed by atoms with Crippen LogP contribution in [0.5, 0.6) is 0 Å². The van der Waals surface area contributed by atoms with Gasteiger partial charge in [0, 0.05) is 11.9 Å². The minimum Gasteiger partial charge on any atom is -0.336 e. The summed E-state index contributed by atoms with van der Waals surface area (Å²) in [6.45, 7) is 2.01. The number of amides is 1. The second-order valence-corrected chi connectivity index (χ2v) is 7.91. The molecule has 6 heteroatoms. The molecule has 0 aliphatic rings. The monoisotopic (exact) mass is 376 g/mol. The van der Waals surface area contributed by atoms with Gasteiger partial charge in [0.15, 0.2) is 0 Å². The van der Waals surface area contributed by atoms with Crippen molar-refractivity contribution in [3.05, 3.63) is 58.6 Å². The summed E-state index contributed by atoms with van der Waals surface area (Å²) >= 11 is 9.23. The summed E-state index contributed by atoms with van der Waals surface area (Å²) in [7, 11) is 1.83. The highest BCUT2D eigenvalue weighted by atomic mass is 35.5. The molecule has 0 unspecified atom stereocenters. The predicted octanol–water partition coefficient (Wildman–Crippen LogP) is 5.26. The lowest BCUT2D eigenvalue weighted by Crippen LogP contribution is -2.31. The van der Waals surface area contributed by atoms with Crippen LogP contribution in [0.25, 0.3) is 10.2 Å². The summed E-state index contributed by atoms with van der Waals surface area (Å²) in [5, 5.41) is 1.63. The van der Waals surface area contributed by atoms with Gasteiger partial charge in [-0.1, -0.05) is 35.9 Å². The SMILES string of the molecule is C[C@H](c1nc2ccccc2s1)N(C)C(=O)CSc1ccccc1Cl. The number of halogens is 1. The highest BCUT2D eigenvalue weighted by molar-refractivity contribution is 8.00. The molecule has 0 radical (unpaired) electrons. The molecule has 0 bridgehead atoms. The number of fused-ring (bicyclic) bond motifs is 1. The Balaban J connectivity index is 1.67. The molecular formula is C18H17ClN2OS2. The fraction of sp³-hybridized carbons (Fsp3) is 0.222. The molecule has 0 saturated carbocycles.